The van der Waals surface area contributed by atoms with Gasteiger partial charge in [0, 0.05) is 19.7 Å². The zero-order chi connectivity index (χ0) is 22.3. The van der Waals surface area contributed by atoms with Gasteiger partial charge in [-0.25, -0.2) is 4.99 Å². The van der Waals surface area contributed by atoms with E-state index in [1.54, 1.807) is 21.3 Å². The lowest BCUT2D eigenvalue weighted by molar-refractivity contribution is 0.117. The number of rotatable bonds is 13. The van der Waals surface area contributed by atoms with Gasteiger partial charge in [-0.3, -0.25) is 0 Å². The van der Waals surface area contributed by atoms with E-state index in [0.717, 1.165) is 44.1 Å². The van der Waals surface area contributed by atoms with Crippen molar-refractivity contribution in [1.29, 1.82) is 0 Å². The zero-order valence-corrected chi connectivity index (χ0v) is 21.8. The molecule has 2 N–H and O–H groups in total. The molecular weight excluding hydrogens is 521 g/mol. The highest BCUT2D eigenvalue weighted by molar-refractivity contribution is 14.0. The number of halogens is 1. The van der Waals surface area contributed by atoms with Crippen molar-refractivity contribution in [1.82, 2.24) is 10.6 Å². The molecule has 7 nitrogen and oxygen atoms in total. The van der Waals surface area contributed by atoms with E-state index in [1.165, 1.54) is 5.56 Å². The number of hydrogen-bond acceptors (Lipinski definition) is 5. The van der Waals surface area contributed by atoms with Gasteiger partial charge in [0.1, 0.15) is 0 Å². The summed E-state index contributed by atoms with van der Waals surface area (Å²) in [5, 5.41) is 6.65. The molecule has 0 saturated carbocycles. The number of benzene rings is 2. The number of ether oxygens (including phenoxy) is 4. The normalized spacial score (nSPS) is 10.8. The maximum absolute atomic E-state index is 5.73. The summed E-state index contributed by atoms with van der Waals surface area (Å²) in [6, 6.07) is 14.1. The summed E-state index contributed by atoms with van der Waals surface area (Å²) in [6.45, 7) is 5.57. The van der Waals surface area contributed by atoms with Gasteiger partial charge in [-0.05, 0) is 43.0 Å². The topological polar surface area (TPSA) is 73.3 Å². The second-order valence-electron chi connectivity index (χ2n) is 6.90. The number of methoxy groups -OCH3 is 3. The van der Waals surface area contributed by atoms with Crippen molar-refractivity contribution in [3.63, 3.8) is 0 Å². The van der Waals surface area contributed by atoms with Gasteiger partial charge in [0.05, 0.1) is 34.5 Å². The van der Waals surface area contributed by atoms with Gasteiger partial charge in [-0.2, -0.15) is 0 Å². The highest BCUT2D eigenvalue weighted by Crippen LogP contribution is 2.38. The molecule has 0 saturated heterocycles. The predicted molar refractivity (Wildman–Crippen MR) is 140 cm³/mol. The van der Waals surface area contributed by atoms with Crippen molar-refractivity contribution in [3.05, 3.63) is 53.6 Å². The van der Waals surface area contributed by atoms with E-state index >= 15 is 0 Å². The molecule has 0 aromatic heterocycles. The molecule has 0 radical (unpaired) electrons. The lowest BCUT2D eigenvalue weighted by Crippen LogP contribution is -2.37. The highest BCUT2D eigenvalue weighted by atomic mass is 127. The van der Waals surface area contributed by atoms with Gasteiger partial charge in [0.2, 0.25) is 5.75 Å². The summed E-state index contributed by atoms with van der Waals surface area (Å²) in [7, 11) is 4.82. The van der Waals surface area contributed by atoms with Crippen LogP contribution in [0.15, 0.2) is 47.5 Å². The number of nitrogens with zero attached hydrogens (tertiary/aromatic N) is 1. The fraction of sp³-hybridized carbons (Fsp3) is 0.458. The van der Waals surface area contributed by atoms with Crippen LogP contribution in [-0.4, -0.2) is 47.0 Å². The molecule has 2 aromatic carbocycles. The Morgan fingerprint density at radius 1 is 0.875 bits per heavy atom. The van der Waals surface area contributed by atoms with Gasteiger partial charge in [0.25, 0.3) is 0 Å². The fourth-order valence-electron chi connectivity index (χ4n) is 3.04. The maximum atomic E-state index is 5.73. The Balaban J connectivity index is 0.00000512. The molecule has 2 rings (SSSR count). The van der Waals surface area contributed by atoms with E-state index in [0.29, 0.717) is 30.4 Å². The van der Waals surface area contributed by atoms with Crippen LogP contribution in [0.1, 0.15) is 30.9 Å². The number of guanidine groups is 1. The van der Waals surface area contributed by atoms with Crippen molar-refractivity contribution in [2.45, 2.75) is 32.9 Å². The molecule has 0 aliphatic carbocycles. The van der Waals surface area contributed by atoms with Crippen LogP contribution in [0, 0.1) is 0 Å². The molecule has 32 heavy (non-hydrogen) atoms. The van der Waals surface area contributed by atoms with Crippen LogP contribution in [0.4, 0.5) is 0 Å². The van der Waals surface area contributed by atoms with E-state index in [4.69, 9.17) is 18.9 Å². The van der Waals surface area contributed by atoms with Gasteiger partial charge in [-0.15, -0.1) is 24.0 Å². The molecule has 0 heterocycles. The lowest BCUT2D eigenvalue weighted by atomic mass is 10.2. The number of unbranched alkanes of at least 4 members (excludes halogenated alkanes) is 1. The Morgan fingerprint density at radius 2 is 1.56 bits per heavy atom. The minimum absolute atomic E-state index is 0. The van der Waals surface area contributed by atoms with Crippen molar-refractivity contribution in [2.24, 2.45) is 4.99 Å². The van der Waals surface area contributed by atoms with E-state index in [2.05, 4.69) is 27.8 Å². The van der Waals surface area contributed by atoms with Crippen molar-refractivity contribution in [3.8, 4) is 17.2 Å². The third kappa shape index (κ3) is 9.52. The molecular formula is C24H36IN3O4. The fourth-order valence-corrected chi connectivity index (χ4v) is 3.04. The van der Waals surface area contributed by atoms with Gasteiger partial charge >= 0.3 is 0 Å². The summed E-state index contributed by atoms with van der Waals surface area (Å²) < 4.78 is 21.9. The molecule has 8 heteroatoms. The Kier molecular flexibility index (Phi) is 14.3. The molecule has 0 unspecified atom stereocenters. The third-order valence-electron chi connectivity index (χ3n) is 4.61. The first-order valence-electron chi connectivity index (χ1n) is 10.6. The minimum atomic E-state index is 0. The largest absolute Gasteiger partial charge is 0.493 e. The van der Waals surface area contributed by atoms with Gasteiger partial charge < -0.3 is 29.6 Å². The summed E-state index contributed by atoms with van der Waals surface area (Å²) in [6.07, 6.45) is 2.00. The quantitative estimate of drug-likeness (QED) is 0.165. The molecule has 0 bridgehead atoms. The second kappa shape index (κ2) is 16.4. The summed E-state index contributed by atoms with van der Waals surface area (Å²) in [5.74, 6) is 2.61. The molecule has 178 valence electrons. The van der Waals surface area contributed by atoms with Crippen LogP contribution in [-0.2, 0) is 17.9 Å². The van der Waals surface area contributed by atoms with Crippen LogP contribution >= 0.6 is 24.0 Å². The molecule has 0 aliphatic rings. The SMILES string of the molecule is CCNC(=NCc1cc(OC)c(OC)c(OC)c1)NCCCCOCc1ccccc1.I. The minimum Gasteiger partial charge on any atom is -0.493 e. The average molecular weight is 557 g/mol. The lowest BCUT2D eigenvalue weighted by Gasteiger charge is -2.14. The standard InChI is InChI=1S/C24H35N3O4.HI/c1-5-25-24(26-13-9-10-14-31-18-19-11-7-6-8-12-19)27-17-20-15-21(28-2)23(30-4)22(16-20)29-3;/h6-8,11-12,15-16H,5,9-10,13-14,17-18H2,1-4H3,(H2,25,26,27);1H. The Bertz CT molecular complexity index is 778. The Morgan fingerprint density at radius 3 is 2.16 bits per heavy atom. The smallest absolute Gasteiger partial charge is 0.203 e. The summed E-state index contributed by atoms with van der Waals surface area (Å²) >= 11 is 0. The van der Waals surface area contributed by atoms with Crippen LogP contribution < -0.4 is 24.8 Å². The first-order valence-corrected chi connectivity index (χ1v) is 10.6. The van der Waals surface area contributed by atoms with E-state index in [9.17, 15) is 0 Å². The summed E-state index contributed by atoms with van der Waals surface area (Å²) in [5.41, 5.74) is 2.18. The second-order valence-corrected chi connectivity index (χ2v) is 6.90. The van der Waals surface area contributed by atoms with Gasteiger partial charge in [0.15, 0.2) is 17.5 Å². The molecule has 0 aliphatic heterocycles. The average Bonchev–Trinajstić information content (AvgIpc) is 2.81. The molecule has 0 fully saturated rings. The number of nitrogens with one attached hydrogen (secondary N) is 2. The van der Waals surface area contributed by atoms with Crippen LogP contribution in [0.2, 0.25) is 0 Å². The Labute approximate surface area is 208 Å². The van der Waals surface area contributed by atoms with Gasteiger partial charge in [-0.1, -0.05) is 30.3 Å². The predicted octanol–water partition coefficient (Wildman–Crippen LogP) is 4.38. The number of aliphatic imine (C=N–C) groups is 1. The van der Waals surface area contributed by atoms with Crippen LogP contribution in [0.3, 0.4) is 0 Å². The molecule has 2 aromatic rings. The highest BCUT2D eigenvalue weighted by Gasteiger charge is 2.13. The van der Waals surface area contributed by atoms with Crippen molar-refractivity contribution in [2.75, 3.05) is 41.0 Å². The maximum Gasteiger partial charge on any atom is 0.203 e. The first-order chi connectivity index (χ1) is 15.2. The first kappa shape index (κ1) is 27.8. The molecule has 0 atom stereocenters. The molecule has 0 amide bonds. The van der Waals surface area contributed by atoms with E-state index in [1.807, 2.05) is 37.3 Å². The van der Waals surface area contributed by atoms with E-state index in [-0.39, 0.29) is 24.0 Å². The third-order valence-corrected chi connectivity index (χ3v) is 4.61. The Hall–Kier alpha value is -2.20. The zero-order valence-electron chi connectivity index (χ0n) is 19.5. The monoisotopic (exact) mass is 557 g/mol. The van der Waals surface area contributed by atoms with Crippen LogP contribution in [0.25, 0.3) is 0 Å². The van der Waals surface area contributed by atoms with E-state index < -0.39 is 0 Å². The van der Waals surface area contributed by atoms with Crippen molar-refractivity contribution < 1.29 is 18.9 Å². The van der Waals surface area contributed by atoms with Crippen LogP contribution in [0.5, 0.6) is 17.2 Å². The summed E-state index contributed by atoms with van der Waals surface area (Å²) in [4.78, 5) is 4.67. The molecule has 0 spiro atoms. The number of hydrogen-bond donors (Lipinski definition) is 2. The van der Waals surface area contributed by atoms with Crippen molar-refractivity contribution >= 4 is 29.9 Å².